The molecule has 2 atom stereocenters. The Labute approximate surface area is 75.5 Å². The van der Waals surface area contributed by atoms with E-state index in [1.165, 1.54) is 12.8 Å². The van der Waals surface area contributed by atoms with E-state index in [0.29, 0.717) is 0 Å². The topological polar surface area (TPSA) is 35.2 Å². The molecule has 0 aromatic carbocycles. The lowest BCUT2D eigenvalue weighted by Gasteiger charge is -2.34. The second-order valence-electron chi connectivity index (χ2n) is 3.96. The standard InChI is InChI=1S/C10H21NO/c1-4-10(3,12-5-2)9(11)8-6-7-8/h8-9H,4-7,11H2,1-3H3. The van der Waals surface area contributed by atoms with Crippen molar-refractivity contribution in [2.24, 2.45) is 11.7 Å². The molecule has 0 spiro atoms. The maximum absolute atomic E-state index is 6.13. The molecule has 0 aromatic rings. The molecule has 72 valence electrons. The molecule has 1 fully saturated rings. The van der Waals surface area contributed by atoms with Gasteiger partial charge in [0.2, 0.25) is 0 Å². The Hall–Kier alpha value is -0.0800. The summed E-state index contributed by atoms with van der Waals surface area (Å²) in [6.07, 6.45) is 3.60. The lowest BCUT2D eigenvalue weighted by Crippen LogP contribution is -2.48. The summed E-state index contributed by atoms with van der Waals surface area (Å²) in [7, 11) is 0. The van der Waals surface area contributed by atoms with Crippen molar-refractivity contribution in [3.8, 4) is 0 Å². The van der Waals surface area contributed by atoms with Gasteiger partial charge in [0.1, 0.15) is 0 Å². The zero-order chi connectivity index (χ0) is 9.19. The third-order valence-corrected chi connectivity index (χ3v) is 3.01. The first-order chi connectivity index (χ1) is 5.64. The molecule has 1 saturated carbocycles. The summed E-state index contributed by atoms with van der Waals surface area (Å²) in [6, 6.07) is 0.238. The van der Waals surface area contributed by atoms with Crippen LogP contribution in [0.25, 0.3) is 0 Å². The number of ether oxygens (including phenoxy) is 1. The van der Waals surface area contributed by atoms with Crippen LogP contribution in [-0.4, -0.2) is 18.2 Å². The van der Waals surface area contributed by atoms with Crippen LogP contribution in [0.4, 0.5) is 0 Å². The predicted octanol–water partition coefficient (Wildman–Crippen LogP) is 1.93. The third kappa shape index (κ3) is 1.99. The van der Waals surface area contributed by atoms with Crippen molar-refractivity contribution < 1.29 is 4.74 Å². The molecule has 2 nitrogen and oxygen atoms in total. The fourth-order valence-electron chi connectivity index (χ4n) is 1.72. The maximum atomic E-state index is 6.13. The molecule has 0 bridgehead atoms. The van der Waals surface area contributed by atoms with Gasteiger partial charge in [-0.3, -0.25) is 0 Å². The van der Waals surface area contributed by atoms with E-state index in [1.54, 1.807) is 0 Å². The Bertz CT molecular complexity index is 145. The van der Waals surface area contributed by atoms with Gasteiger partial charge in [-0.2, -0.15) is 0 Å². The second kappa shape index (κ2) is 3.75. The summed E-state index contributed by atoms with van der Waals surface area (Å²) in [5.41, 5.74) is 6.04. The largest absolute Gasteiger partial charge is 0.374 e. The minimum absolute atomic E-state index is 0.0874. The molecule has 0 aromatic heterocycles. The van der Waals surface area contributed by atoms with Crippen molar-refractivity contribution in [2.75, 3.05) is 6.61 Å². The molecule has 12 heavy (non-hydrogen) atoms. The minimum Gasteiger partial charge on any atom is -0.374 e. The Balaban J connectivity index is 2.50. The van der Waals surface area contributed by atoms with Crippen molar-refractivity contribution >= 4 is 0 Å². The van der Waals surface area contributed by atoms with E-state index in [9.17, 15) is 0 Å². The van der Waals surface area contributed by atoms with Gasteiger partial charge in [0, 0.05) is 12.6 Å². The van der Waals surface area contributed by atoms with Crippen LogP contribution in [0.2, 0.25) is 0 Å². The van der Waals surface area contributed by atoms with Crippen LogP contribution < -0.4 is 5.73 Å². The van der Waals surface area contributed by atoms with Crippen LogP contribution in [0.1, 0.15) is 40.0 Å². The van der Waals surface area contributed by atoms with Crippen molar-refractivity contribution in [3.63, 3.8) is 0 Å². The highest BCUT2D eigenvalue weighted by molar-refractivity contribution is 4.96. The molecular formula is C10H21NO. The summed E-state index contributed by atoms with van der Waals surface area (Å²) >= 11 is 0. The molecule has 2 N–H and O–H groups in total. The highest BCUT2D eigenvalue weighted by atomic mass is 16.5. The SMILES string of the molecule is CCOC(C)(CC)C(N)C1CC1. The molecule has 1 aliphatic carbocycles. The van der Waals surface area contributed by atoms with Crippen molar-refractivity contribution in [1.29, 1.82) is 0 Å². The number of rotatable bonds is 5. The van der Waals surface area contributed by atoms with Gasteiger partial charge in [-0.1, -0.05) is 6.92 Å². The zero-order valence-electron chi connectivity index (χ0n) is 8.47. The quantitative estimate of drug-likeness (QED) is 0.686. The van der Waals surface area contributed by atoms with Crippen molar-refractivity contribution in [1.82, 2.24) is 0 Å². The van der Waals surface area contributed by atoms with Crippen LogP contribution >= 0.6 is 0 Å². The smallest absolute Gasteiger partial charge is 0.0804 e. The first kappa shape index (κ1) is 10.0. The first-order valence-electron chi connectivity index (χ1n) is 5.03. The Morgan fingerprint density at radius 2 is 2.08 bits per heavy atom. The van der Waals surface area contributed by atoms with Crippen LogP contribution in [-0.2, 0) is 4.74 Å². The number of nitrogens with two attached hydrogens (primary N) is 1. The van der Waals surface area contributed by atoms with Crippen molar-refractivity contribution in [2.45, 2.75) is 51.7 Å². The Kier molecular flexibility index (Phi) is 3.13. The Morgan fingerprint density at radius 3 is 2.42 bits per heavy atom. The Morgan fingerprint density at radius 1 is 1.50 bits per heavy atom. The van der Waals surface area contributed by atoms with E-state index in [2.05, 4.69) is 13.8 Å². The van der Waals surface area contributed by atoms with E-state index in [1.807, 2.05) is 6.92 Å². The lowest BCUT2D eigenvalue weighted by molar-refractivity contribution is -0.0510. The normalized spacial score (nSPS) is 25.0. The molecule has 0 aliphatic heterocycles. The third-order valence-electron chi connectivity index (χ3n) is 3.01. The van der Waals surface area contributed by atoms with Crippen LogP contribution in [0.15, 0.2) is 0 Å². The van der Waals surface area contributed by atoms with E-state index in [0.717, 1.165) is 18.9 Å². The molecule has 2 heteroatoms. The highest BCUT2D eigenvalue weighted by Crippen LogP contribution is 2.38. The first-order valence-corrected chi connectivity index (χ1v) is 5.03. The number of hydrogen-bond acceptors (Lipinski definition) is 2. The second-order valence-corrected chi connectivity index (χ2v) is 3.96. The zero-order valence-corrected chi connectivity index (χ0v) is 8.47. The average molecular weight is 171 g/mol. The fourth-order valence-corrected chi connectivity index (χ4v) is 1.72. The van der Waals surface area contributed by atoms with E-state index < -0.39 is 0 Å². The molecule has 0 radical (unpaired) electrons. The summed E-state index contributed by atoms with van der Waals surface area (Å²) in [5, 5.41) is 0. The molecule has 1 rings (SSSR count). The summed E-state index contributed by atoms with van der Waals surface area (Å²) in [5.74, 6) is 0.724. The maximum Gasteiger partial charge on any atom is 0.0804 e. The summed E-state index contributed by atoms with van der Waals surface area (Å²) in [4.78, 5) is 0. The highest BCUT2D eigenvalue weighted by Gasteiger charge is 2.40. The molecule has 0 saturated heterocycles. The monoisotopic (exact) mass is 171 g/mol. The van der Waals surface area contributed by atoms with Crippen LogP contribution in [0.5, 0.6) is 0 Å². The van der Waals surface area contributed by atoms with E-state index >= 15 is 0 Å². The van der Waals surface area contributed by atoms with Crippen molar-refractivity contribution in [3.05, 3.63) is 0 Å². The van der Waals surface area contributed by atoms with Crippen LogP contribution in [0.3, 0.4) is 0 Å². The minimum atomic E-state index is -0.0874. The van der Waals surface area contributed by atoms with E-state index in [-0.39, 0.29) is 11.6 Å². The fraction of sp³-hybridized carbons (Fsp3) is 1.00. The molecule has 2 unspecified atom stereocenters. The van der Waals surface area contributed by atoms with Gasteiger partial charge in [-0.25, -0.2) is 0 Å². The number of hydrogen-bond donors (Lipinski definition) is 1. The molecule has 1 aliphatic rings. The van der Waals surface area contributed by atoms with Gasteiger partial charge in [0.25, 0.3) is 0 Å². The lowest BCUT2D eigenvalue weighted by atomic mass is 9.90. The van der Waals surface area contributed by atoms with Gasteiger partial charge in [-0.15, -0.1) is 0 Å². The van der Waals surface area contributed by atoms with Gasteiger partial charge >= 0.3 is 0 Å². The van der Waals surface area contributed by atoms with Gasteiger partial charge in [0.05, 0.1) is 5.60 Å². The van der Waals surface area contributed by atoms with E-state index in [4.69, 9.17) is 10.5 Å². The predicted molar refractivity (Wildman–Crippen MR) is 51.0 cm³/mol. The summed E-state index contributed by atoms with van der Waals surface area (Å²) in [6.45, 7) is 7.09. The van der Waals surface area contributed by atoms with Gasteiger partial charge in [0.15, 0.2) is 0 Å². The molecular weight excluding hydrogens is 150 g/mol. The van der Waals surface area contributed by atoms with Gasteiger partial charge in [-0.05, 0) is 39.0 Å². The molecule has 0 heterocycles. The van der Waals surface area contributed by atoms with Crippen LogP contribution in [0, 0.1) is 5.92 Å². The average Bonchev–Trinajstić information content (AvgIpc) is 2.86. The van der Waals surface area contributed by atoms with Gasteiger partial charge < -0.3 is 10.5 Å². The summed E-state index contributed by atoms with van der Waals surface area (Å²) < 4.78 is 5.72. The molecule has 0 amide bonds.